The van der Waals surface area contributed by atoms with Crippen LogP contribution in [0.3, 0.4) is 0 Å². The first-order chi connectivity index (χ1) is 16.5. The Hall–Kier alpha value is -3.08. The highest BCUT2D eigenvalue weighted by Crippen LogP contribution is 2.38. The van der Waals surface area contributed by atoms with Crippen LogP contribution in [0.5, 0.6) is 0 Å². The van der Waals surface area contributed by atoms with Gasteiger partial charge in [0.25, 0.3) is 10.0 Å². The Balaban J connectivity index is 1.40. The van der Waals surface area contributed by atoms with Crippen molar-refractivity contribution in [3.8, 4) is 0 Å². The third kappa shape index (κ3) is 4.89. The van der Waals surface area contributed by atoms with Crippen LogP contribution in [-0.4, -0.2) is 8.42 Å². The molecule has 0 spiro atoms. The normalized spacial score (nSPS) is 15.1. The predicted octanol–water partition coefficient (Wildman–Crippen LogP) is 7.00. The first-order valence-electron chi connectivity index (χ1n) is 11.5. The van der Waals surface area contributed by atoms with Gasteiger partial charge in [-0.25, -0.2) is 8.42 Å². The highest BCUT2D eigenvalue weighted by atomic mass is 35.5. The maximum absolute atomic E-state index is 12.7. The van der Waals surface area contributed by atoms with Crippen LogP contribution < -0.4 is 4.72 Å². The van der Waals surface area contributed by atoms with Gasteiger partial charge in [0.15, 0.2) is 0 Å². The minimum Gasteiger partial charge on any atom is -0.280 e. The number of halogens is 1. The molecule has 1 aliphatic rings. The van der Waals surface area contributed by atoms with Crippen molar-refractivity contribution in [3.63, 3.8) is 0 Å². The van der Waals surface area contributed by atoms with Crippen molar-refractivity contribution in [1.29, 1.82) is 0 Å². The van der Waals surface area contributed by atoms with Crippen LogP contribution >= 0.6 is 11.6 Å². The molecule has 1 unspecified atom stereocenters. The lowest BCUT2D eigenvalue weighted by atomic mass is 9.84. The van der Waals surface area contributed by atoms with Gasteiger partial charge in [0.1, 0.15) is 0 Å². The number of nitrogens with one attached hydrogen (secondary N) is 1. The Morgan fingerprint density at radius 2 is 1.50 bits per heavy atom. The summed E-state index contributed by atoms with van der Waals surface area (Å²) in [5.74, 6) is 0.274. The Morgan fingerprint density at radius 1 is 0.765 bits per heavy atom. The zero-order chi connectivity index (χ0) is 23.5. The molecule has 0 saturated heterocycles. The monoisotopic (exact) mass is 487 g/mol. The van der Waals surface area contributed by atoms with E-state index in [1.807, 2.05) is 18.2 Å². The number of anilines is 1. The van der Waals surface area contributed by atoms with E-state index in [1.54, 1.807) is 36.4 Å². The summed E-state index contributed by atoms with van der Waals surface area (Å²) in [5.41, 5.74) is 7.11. The van der Waals surface area contributed by atoms with Gasteiger partial charge in [-0.05, 0) is 89.9 Å². The Morgan fingerprint density at radius 3 is 2.35 bits per heavy atom. The predicted molar refractivity (Wildman–Crippen MR) is 139 cm³/mol. The van der Waals surface area contributed by atoms with E-state index in [0.717, 1.165) is 36.3 Å². The molecule has 0 heterocycles. The minimum atomic E-state index is -3.62. The van der Waals surface area contributed by atoms with Crippen LogP contribution in [0.2, 0.25) is 5.02 Å². The van der Waals surface area contributed by atoms with Crippen LogP contribution in [0.25, 0.3) is 0 Å². The molecule has 0 saturated carbocycles. The molecule has 0 fully saturated rings. The number of sulfonamides is 1. The molecule has 1 N–H and O–H groups in total. The lowest BCUT2D eigenvalue weighted by molar-refractivity contribution is 0.601. The van der Waals surface area contributed by atoms with Crippen LogP contribution in [0.1, 0.15) is 40.2 Å². The van der Waals surface area contributed by atoms with Gasteiger partial charge in [0, 0.05) is 16.6 Å². The van der Waals surface area contributed by atoms with Crippen LogP contribution in [0, 0.1) is 0 Å². The van der Waals surface area contributed by atoms with E-state index in [0.29, 0.717) is 5.69 Å². The van der Waals surface area contributed by atoms with E-state index in [-0.39, 0.29) is 10.8 Å². The zero-order valence-corrected chi connectivity index (χ0v) is 20.3. The lowest BCUT2D eigenvalue weighted by Crippen LogP contribution is -2.13. The maximum Gasteiger partial charge on any atom is 0.261 e. The first-order valence-corrected chi connectivity index (χ1v) is 13.4. The van der Waals surface area contributed by atoms with E-state index >= 15 is 0 Å². The van der Waals surface area contributed by atoms with Crippen molar-refractivity contribution in [3.05, 3.63) is 130 Å². The number of benzene rings is 4. The van der Waals surface area contributed by atoms with Gasteiger partial charge in [-0.1, -0.05) is 72.3 Å². The van der Waals surface area contributed by atoms with Gasteiger partial charge < -0.3 is 0 Å². The summed E-state index contributed by atoms with van der Waals surface area (Å²) in [5, 5.41) is 0.779. The lowest BCUT2D eigenvalue weighted by Gasteiger charge is -2.21. The Bertz CT molecular complexity index is 1420. The fourth-order valence-corrected chi connectivity index (χ4v) is 6.16. The molecule has 4 aromatic rings. The van der Waals surface area contributed by atoms with Gasteiger partial charge in [-0.2, -0.15) is 0 Å². The van der Waals surface area contributed by atoms with Crippen molar-refractivity contribution in [2.45, 2.75) is 36.5 Å². The van der Waals surface area contributed by atoms with Crippen molar-refractivity contribution in [2.75, 3.05) is 4.72 Å². The van der Waals surface area contributed by atoms with Crippen molar-refractivity contribution < 1.29 is 8.42 Å². The summed E-state index contributed by atoms with van der Waals surface area (Å²) in [6.45, 7) is 0. The summed E-state index contributed by atoms with van der Waals surface area (Å²) in [4.78, 5) is 0.255. The molecular weight excluding hydrogens is 462 g/mol. The molecule has 34 heavy (non-hydrogen) atoms. The van der Waals surface area contributed by atoms with Crippen molar-refractivity contribution in [2.24, 2.45) is 0 Å². The minimum absolute atomic E-state index is 0.255. The molecule has 1 aliphatic carbocycles. The number of rotatable bonds is 6. The van der Waals surface area contributed by atoms with E-state index in [1.165, 1.54) is 22.3 Å². The quantitative estimate of drug-likeness (QED) is 0.318. The maximum atomic E-state index is 12.7. The van der Waals surface area contributed by atoms with Gasteiger partial charge in [-0.15, -0.1) is 0 Å². The SMILES string of the molecule is O=S(=O)(Nc1cccc(CCC2c3ccccc3CCc3cc(Cl)ccc32)c1)c1ccccc1. The first kappa shape index (κ1) is 22.7. The topological polar surface area (TPSA) is 46.2 Å². The average molecular weight is 488 g/mol. The highest BCUT2D eigenvalue weighted by molar-refractivity contribution is 7.92. The van der Waals surface area contributed by atoms with E-state index < -0.39 is 10.0 Å². The molecule has 0 radical (unpaired) electrons. The molecule has 0 amide bonds. The van der Waals surface area contributed by atoms with Gasteiger partial charge in [0.05, 0.1) is 4.90 Å². The summed E-state index contributed by atoms with van der Waals surface area (Å²) < 4.78 is 28.2. The molecule has 0 bridgehead atoms. The second-order valence-corrected chi connectivity index (χ2v) is 10.9. The summed E-state index contributed by atoms with van der Waals surface area (Å²) in [6.07, 6.45) is 3.76. The second kappa shape index (κ2) is 9.65. The van der Waals surface area contributed by atoms with Gasteiger partial charge >= 0.3 is 0 Å². The van der Waals surface area contributed by atoms with E-state index in [4.69, 9.17) is 11.6 Å². The Labute approximate surface area is 206 Å². The number of hydrogen-bond acceptors (Lipinski definition) is 2. The van der Waals surface area contributed by atoms with Gasteiger partial charge in [-0.3, -0.25) is 4.72 Å². The fourth-order valence-electron chi connectivity index (χ4n) is 4.90. The molecule has 0 aromatic heterocycles. The molecule has 5 rings (SSSR count). The summed E-state index contributed by atoms with van der Waals surface area (Å²) in [6, 6.07) is 31.1. The third-order valence-electron chi connectivity index (χ3n) is 6.53. The number of aryl methyl sites for hydroxylation is 3. The standard InChI is InChI=1S/C29H26ClNO2S/c30-24-16-18-28-23(20-24)15-14-22-8-4-5-12-27(22)29(28)17-13-21-7-6-9-25(19-21)31-34(32,33)26-10-2-1-3-11-26/h1-12,16,18-20,29,31H,13-15,17H2. The van der Waals surface area contributed by atoms with Crippen LogP contribution in [0.4, 0.5) is 5.69 Å². The van der Waals surface area contributed by atoms with Crippen molar-refractivity contribution >= 4 is 27.3 Å². The summed E-state index contributed by atoms with van der Waals surface area (Å²) in [7, 11) is -3.62. The van der Waals surface area contributed by atoms with Gasteiger partial charge in [0.2, 0.25) is 0 Å². The summed E-state index contributed by atoms with van der Waals surface area (Å²) >= 11 is 6.32. The smallest absolute Gasteiger partial charge is 0.261 e. The van der Waals surface area contributed by atoms with Crippen LogP contribution in [-0.2, 0) is 29.3 Å². The largest absolute Gasteiger partial charge is 0.280 e. The van der Waals surface area contributed by atoms with Crippen molar-refractivity contribution in [1.82, 2.24) is 0 Å². The highest BCUT2D eigenvalue weighted by Gasteiger charge is 2.23. The number of fused-ring (bicyclic) bond motifs is 2. The molecular formula is C29H26ClNO2S. The van der Waals surface area contributed by atoms with E-state index in [9.17, 15) is 8.42 Å². The third-order valence-corrected chi connectivity index (χ3v) is 8.16. The molecule has 5 heteroatoms. The zero-order valence-electron chi connectivity index (χ0n) is 18.7. The second-order valence-electron chi connectivity index (χ2n) is 8.75. The molecule has 3 nitrogen and oxygen atoms in total. The number of hydrogen-bond donors (Lipinski definition) is 1. The molecule has 1 atom stereocenters. The molecule has 0 aliphatic heterocycles. The molecule has 4 aromatic carbocycles. The fraction of sp³-hybridized carbons (Fsp3) is 0.172. The molecule has 172 valence electrons. The average Bonchev–Trinajstić information content (AvgIpc) is 3.00. The van der Waals surface area contributed by atoms with E-state index in [2.05, 4.69) is 47.2 Å². The van der Waals surface area contributed by atoms with Crippen LogP contribution in [0.15, 0.2) is 102 Å². The Kier molecular flexibility index (Phi) is 6.44.